The summed E-state index contributed by atoms with van der Waals surface area (Å²) >= 11 is 0. The van der Waals surface area contributed by atoms with Gasteiger partial charge in [0.1, 0.15) is 0 Å². The zero-order valence-electron chi connectivity index (χ0n) is 19.3. The maximum absolute atomic E-state index is 2.41. The monoisotopic (exact) mass is 435 g/mol. The number of para-hydroxylation sites is 1. The van der Waals surface area contributed by atoms with Crippen molar-refractivity contribution in [1.29, 1.82) is 0 Å². The Kier molecular flexibility index (Phi) is 4.25. The van der Waals surface area contributed by atoms with Gasteiger partial charge in [0.15, 0.2) is 0 Å². The van der Waals surface area contributed by atoms with Gasteiger partial charge in [0.25, 0.3) is 0 Å². The summed E-state index contributed by atoms with van der Waals surface area (Å²) in [6.45, 7) is 2.21. The van der Waals surface area contributed by atoms with Crippen LogP contribution in [-0.4, -0.2) is 4.57 Å². The van der Waals surface area contributed by atoms with Gasteiger partial charge < -0.3 is 4.57 Å². The molecule has 1 aliphatic rings. The van der Waals surface area contributed by atoms with Crippen molar-refractivity contribution in [3.05, 3.63) is 126 Å². The molecule has 7 rings (SSSR count). The summed E-state index contributed by atoms with van der Waals surface area (Å²) in [4.78, 5) is 0. The van der Waals surface area contributed by atoms with Gasteiger partial charge in [0.05, 0.1) is 11.0 Å². The first-order valence-electron chi connectivity index (χ1n) is 12.1. The van der Waals surface area contributed by atoms with E-state index in [0.29, 0.717) is 0 Å². The minimum Gasteiger partial charge on any atom is -0.309 e. The molecular weight excluding hydrogens is 410 g/mol. The van der Waals surface area contributed by atoms with Crippen LogP contribution in [0.25, 0.3) is 49.7 Å². The molecular formula is C33H25N. The van der Waals surface area contributed by atoms with E-state index in [0.717, 1.165) is 12.8 Å². The first kappa shape index (κ1) is 19.4. The summed E-state index contributed by atoms with van der Waals surface area (Å²) in [7, 11) is 0. The molecule has 1 heterocycles. The Hall–Kier alpha value is -4.10. The van der Waals surface area contributed by atoms with Gasteiger partial charge in [-0.05, 0) is 88.2 Å². The van der Waals surface area contributed by atoms with Crippen LogP contribution in [0.2, 0.25) is 0 Å². The van der Waals surface area contributed by atoms with E-state index >= 15 is 0 Å². The van der Waals surface area contributed by atoms with Crippen LogP contribution in [0, 0.1) is 0 Å². The number of nitrogens with zero attached hydrogens (tertiary/aromatic N) is 1. The molecule has 1 aliphatic carbocycles. The first-order valence-corrected chi connectivity index (χ1v) is 12.1. The van der Waals surface area contributed by atoms with Crippen LogP contribution in [0.5, 0.6) is 0 Å². The van der Waals surface area contributed by atoms with Crippen LogP contribution < -0.4 is 0 Å². The molecule has 34 heavy (non-hydrogen) atoms. The minimum atomic E-state index is 1.04. The predicted molar refractivity (Wildman–Crippen MR) is 144 cm³/mol. The maximum Gasteiger partial charge on any atom is 0.0541 e. The summed E-state index contributed by atoms with van der Waals surface area (Å²) in [6, 6.07) is 40.4. The summed E-state index contributed by atoms with van der Waals surface area (Å²) < 4.78 is 2.41. The van der Waals surface area contributed by atoms with E-state index in [9.17, 15) is 0 Å². The van der Waals surface area contributed by atoms with Crippen LogP contribution in [-0.2, 0) is 12.8 Å². The number of aryl methyl sites for hydroxylation is 1. The van der Waals surface area contributed by atoms with Crippen molar-refractivity contribution in [2.75, 3.05) is 0 Å². The first-order chi connectivity index (χ1) is 16.8. The number of aromatic nitrogens is 1. The Labute approximate surface area is 199 Å². The molecule has 0 unspecified atom stereocenters. The highest BCUT2D eigenvalue weighted by Gasteiger charge is 2.19. The molecule has 0 bridgehead atoms. The van der Waals surface area contributed by atoms with Crippen molar-refractivity contribution in [2.45, 2.75) is 19.8 Å². The molecule has 0 fully saturated rings. The Bertz CT molecular complexity index is 1720. The predicted octanol–water partition coefficient (Wildman–Crippen LogP) is 8.58. The zero-order chi connectivity index (χ0) is 22.6. The molecule has 5 aromatic carbocycles. The van der Waals surface area contributed by atoms with E-state index in [4.69, 9.17) is 0 Å². The minimum absolute atomic E-state index is 1.04. The lowest BCUT2D eigenvalue weighted by molar-refractivity contribution is 1.11. The van der Waals surface area contributed by atoms with Gasteiger partial charge in [0.2, 0.25) is 0 Å². The van der Waals surface area contributed by atoms with E-state index in [1.165, 1.54) is 66.4 Å². The second kappa shape index (κ2) is 7.46. The van der Waals surface area contributed by atoms with E-state index < -0.39 is 0 Å². The molecule has 0 aliphatic heterocycles. The highest BCUT2D eigenvalue weighted by molar-refractivity contribution is 6.10. The van der Waals surface area contributed by atoms with E-state index in [1.54, 1.807) is 0 Å². The van der Waals surface area contributed by atoms with Gasteiger partial charge in [-0.15, -0.1) is 0 Å². The molecule has 1 nitrogen and oxygen atoms in total. The van der Waals surface area contributed by atoms with Crippen LogP contribution in [0.3, 0.4) is 0 Å². The van der Waals surface area contributed by atoms with Crippen molar-refractivity contribution < 1.29 is 0 Å². The Morgan fingerprint density at radius 3 is 2.29 bits per heavy atom. The highest BCUT2D eigenvalue weighted by Crippen LogP contribution is 2.40. The number of hydrogen-bond acceptors (Lipinski definition) is 0. The molecule has 0 atom stereocenters. The third-order valence-electron chi connectivity index (χ3n) is 7.38. The standard InChI is InChI=1S/C33H25N/c1-2-22-8-7-10-27(18-22)34-32-13-6-5-12-29(32)31-21-24(16-17-33(31)34)23-14-15-26-19-25-9-3-4-11-28(25)30(26)20-23/h3-18,20-21H,2,19H2,1H3. The molecule has 1 heteroatoms. The van der Waals surface area contributed by atoms with Crippen molar-refractivity contribution in [3.8, 4) is 27.9 Å². The van der Waals surface area contributed by atoms with Gasteiger partial charge >= 0.3 is 0 Å². The Morgan fingerprint density at radius 2 is 1.35 bits per heavy atom. The lowest BCUT2D eigenvalue weighted by Gasteiger charge is -2.10. The van der Waals surface area contributed by atoms with Gasteiger partial charge in [-0.3, -0.25) is 0 Å². The molecule has 0 saturated carbocycles. The number of benzene rings is 5. The summed E-state index contributed by atoms with van der Waals surface area (Å²) in [6.07, 6.45) is 2.08. The van der Waals surface area contributed by atoms with Crippen LogP contribution in [0.1, 0.15) is 23.6 Å². The topological polar surface area (TPSA) is 4.93 Å². The molecule has 0 saturated heterocycles. The molecule has 0 radical (unpaired) electrons. The summed E-state index contributed by atoms with van der Waals surface area (Å²) in [5, 5.41) is 2.60. The summed E-state index contributed by atoms with van der Waals surface area (Å²) in [5.41, 5.74) is 13.3. The average molecular weight is 436 g/mol. The van der Waals surface area contributed by atoms with Crippen LogP contribution in [0.4, 0.5) is 0 Å². The van der Waals surface area contributed by atoms with Crippen LogP contribution in [0.15, 0.2) is 109 Å². The number of hydrogen-bond donors (Lipinski definition) is 0. The molecule has 0 spiro atoms. The maximum atomic E-state index is 2.41. The zero-order valence-corrected chi connectivity index (χ0v) is 19.3. The molecule has 6 aromatic rings. The van der Waals surface area contributed by atoms with Crippen LogP contribution >= 0.6 is 0 Å². The summed E-state index contributed by atoms with van der Waals surface area (Å²) in [5.74, 6) is 0. The normalized spacial score (nSPS) is 12.3. The molecule has 162 valence electrons. The number of rotatable bonds is 3. The van der Waals surface area contributed by atoms with Crippen molar-refractivity contribution in [2.24, 2.45) is 0 Å². The fourth-order valence-corrected chi connectivity index (χ4v) is 5.65. The van der Waals surface area contributed by atoms with Crippen molar-refractivity contribution >= 4 is 21.8 Å². The third kappa shape index (κ3) is 2.87. The lowest BCUT2D eigenvalue weighted by atomic mass is 9.97. The van der Waals surface area contributed by atoms with Gasteiger partial charge in [-0.2, -0.15) is 0 Å². The van der Waals surface area contributed by atoms with Gasteiger partial charge in [0, 0.05) is 16.5 Å². The Morgan fingerprint density at radius 1 is 0.588 bits per heavy atom. The van der Waals surface area contributed by atoms with E-state index in [-0.39, 0.29) is 0 Å². The fraction of sp³-hybridized carbons (Fsp3) is 0.0909. The van der Waals surface area contributed by atoms with Gasteiger partial charge in [-0.1, -0.05) is 79.7 Å². The molecule has 0 amide bonds. The van der Waals surface area contributed by atoms with Crippen molar-refractivity contribution in [1.82, 2.24) is 4.57 Å². The third-order valence-corrected chi connectivity index (χ3v) is 7.38. The highest BCUT2D eigenvalue weighted by atomic mass is 15.0. The second-order valence-corrected chi connectivity index (χ2v) is 9.31. The largest absolute Gasteiger partial charge is 0.309 e. The van der Waals surface area contributed by atoms with E-state index in [1.807, 2.05) is 0 Å². The quantitative estimate of drug-likeness (QED) is 0.262. The fourth-order valence-electron chi connectivity index (χ4n) is 5.65. The number of fused-ring (bicyclic) bond motifs is 6. The molecule has 1 aromatic heterocycles. The lowest BCUT2D eigenvalue weighted by Crippen LogP contribution is -1.95. The SMILES string of the molecule is CCc1cccc(-n2c3ccccc3c3cc(-c4ccc5c(c4)-c4ccccc4C5)ccc32)c1. The average Bonchev–Trinajstić information content (AvgIpc) is 3.43. The van der Waals surface area contributed by atoms with E-state index in [2.05, 4.69) is 121 Å². The smallest absolute Gasteiger partial charge is 0.0541 e. The molecule has 0 N–H and O–H groups in total. The second-order valence-electron chi connectivity index (χ2n) is 9.31. The van der Waals surface area contributed by atoms with Crippen molar-refractivity contribution in [3.63, 3.8) is 0 Å². The van der Waals surface area contributed by atoms with Gasteiger partial charge in [-0.25, -0.2) is 0 Å². The Balaban J connectivity index is 1.43.